The molecule has 0 spiro atoms. The van der Waals surface area contributed by atoms with Gasteiger partial charge in [-0.3, -0.25) is 9.78 Å². The average molecular weight is 202 g/mol. The molecule has 1 heterocycles. The number of rotatable bonds is 5. The van der Waals surface area contributed by atoms with Crippen LogP contribution in [-0.2, 0) is 0 Å². The lowest BCUT2D eigenvalue weighted by Gasteiger charge is -2.03. The third-order valence-electron chi connectivity index (χ3n) is 1.98. The van der Waals surface area contributed by atoms with Crippen LogP contribution in [0, 0.1) is 12.3 Å². The second-order valence-corrected chi connectivity index (χ2v) is 3.15. The van der Waals surface area contributed by atoms with Gasteiger partial charge in [0.25, 0.3) is 5.91 Å². The molecule has 0 aliphatic rings. The fourth-order valence-corrected chi connectivity index (χ4v) is 1.16. The van der Waals surface area contributed by atoms with Crippen molar-refractivity contribution in [2.75, 3.05) is 6.54 Å². The van der Waals surface area contributed by atoms with E-state index in [-0.39, 0.29) is 5.91 Å². The number of nitrogens with one attached hydrogen (secondary N) is 1. The number of carbonyl (C=O) groups is 1. The lowest BCUT2D eigenvalue weighted by atomic mass is 10.2. The molecule has 0 bridgehead atoms. The Hall–Kier alpha value is -1.82. The van der Waals surface area contributed by atoms with Crippen LogP contribution in [-0.4, -0.2) is 17.4 Å². The molecule has 0 unspecified atom stereocenters. The van der Waals surface area contributed by atoms with Gasteiger partial charge in [0.2, 0.25) is 0 Å². The Morgan fingerprint density at radius 1 is 1.40 bits per heavy atom. The van der Waals surface area contributed by atoms with Crippen LogP contribution < -0.4 is 5.32 Å². The maximum absolute atomic E-state index is 11.5. The lowest BCUT2D eigenvalue weighted by Crippen LogP contribution is -2.24. The number of aromatic nitrogens is 1. The van der Waals surface area contributed by atoms with Gasteiger partial charge in [0, 0.05) is 30.9 Å². The zero-order valence-electron chi connectivity index (χ0n) is 8.57. The average Bonchev–Trinajstić information content (AvgIpc) is 2.30. The molecule has 1 N–H and O–H groups in total. The van der Waals surface area contributed by atoms with Crippen LogP contribution in [0.4, 0.5) is 0 Å². The number of hydrogen-bond donors (Lipinski definition) is 1. The number of amides is 1. The fraction of sp³-hybridized carbons (Fsp3) is 0.333. The summed E-state index contributed by atoms with van der Waals surface area (Å²) in [7, 11) is 0. The van der Waals surface area contributed by atoms with Crippen molar-refractivity contribution in [2.45, 2.75) is 19.3 Å². The van der Waals surface area contributed by atoms with Gasteiger partial charge in [-0.25, -0.2) is 0 Å². The number of pyridine rings is 1. The Bertz CT molecular complexity index is 340. The van der Waals surface area contributed by atoms with Crippen molar-refractivity contribution in [3.05, 3.63) is 30.1 Å². The molecule has 3 nitrogen and oxygen atoms in total. The molecule has 78 valence electrons. The van der Waals surface area contributed by atoms with Crippen LogP contribution in [0.2, 0.25) is 0 Å². The van der Waals surface area contributed by atoms with Gasteiger partial charge in [0.15, 0.2) is 0 Å². The van der Waals surface area contributed by atoms with Crippen LogP contribution in [0.1, 0.15) is 29.6 Å². The number of carbonyl (C=O) groups excluding carboxylic acids is 1. The molecule has 0 saturated carbocycles. The Balaban J connectivity index is 2.23. The maximum atomic E-state index is 11.5. The zero-order chi connectivity index (χ0) is 10.9. The topological polar surface area (TPSA) is 42.0 Å². The zero-order valence-corrected chi connectivity index (χ0v) is 8.57. The minimum absolute atomic E-state index is 0.0573. The first-order valence-corrected chi connectivity index (χ1v) is 4.96. The highest BCUT2D eigenvalue weighted by molar-refractivity contribution is 5.93. The van der Waals surface area contributed by atoms with E-state index in [1.54, 1.807) is 24.5 Å². The van der Waals surface area contributed by atoms with Crippen LogP contribution in [0.3, 0.4) is 0 Å². The molecule has 0 atom stereocenters. The van der Waals surface area contributed by atoms with Crippen molar-refractivity contribution in [1.29, 1.82) is 0 Å². The highest BCUT2D eigenvalue weighted by Gasteiger charge is 2.02. The number of unbranched alkanes of at least 4 members (excludes halogenated alkanes) is 2. The molecule has 0 saturated heterocycles. The molecule has 0 aliphatic carbocycles. The molecule has 15 heavy (non-hydrogen) atoms. The molecule has 0 aliphatic heterocycles. The lowest BCUT2D eigenvalue weighted by molar-refractivity contribution is 0.0953. The predicted molar refractivity (Wildman–Crippen MR) is 59.3 cm³/mol. The van der Waals surface area contributed by atoms with Gasteiger partial charge >= 0.3 is 0 Å². The van der Waals surface area contributed by atoms with E-state index < -0.39 is 0 Å². The number of terminal acetylenes is 1. The summed E-state index contributed by atoms with van der Waals surface area (Å²) in [6.07, 6.45) is 11.0. The predicted octanol–water partition coefficient (Wildman–Crippen LogP) is 1.61. The van der Waals surface area contributed by atoms with Crippen LogP contribution in [0.15, 0.2) is 24.5 Å². The second kappa shape index (κ2) is 6.61. The number of hydrogen-bond acceptors (Lipinski definition) is 2. The van der Waals surface area contributed by atoms with Crippen LogP contribution >= 0.6 is 0 Å². The first-order chi connectivity index (χ1) is 7.34. The first kappa shape index (κ1) is 11.3. The van der Waals surface area contributed by atoms with Crippen LogP contribution in [0.5, 0.6) is 0 Å². The van der Waals surface area contributed by atoms with Crippen molar-refractivity contribution in [2.24, 2.45) is 0 Å². The number of nitrogens with zero attached hydrogens (tertiary/aromatic N) is 1. The molecule has 0 radical (unpaired) electrons. The molecule has 0 fully saturated rings. The van der Waals surface area contributed by atoms with E-state index >= 15 is 0 Å². The van der Waals surface area contributed by atoms with E-state index in [1.807, 2.05) is 0 Å². The molecule has 1 amide bonds. The quantitative estimate of drug-likeness (QED) is 0.582. The van der Waals surface area contributed by atoms with E-state index in [0.717, 1.165) is 19.3 Å². The molecular weight excluding hydrogens is 188 g/mol. The van der Waals surface area contributed by atoms with Gasteiger partial charge < -0.3 is 5.32 Å². The highest BCUT2D eigenvalue weighted by atomic mass is 16.1. The molecule has 0 aromatic carbocycles. The summed E-state index contributed by atoms with van der Waals surface area (Å²) in [5.41, 5.74) is 0.641. The van der Waals surface area contributed by atoms with Gasteiger partial charge in [-0.2, -0.15) is 0 Å². The van der Waals surface area contributed by atoms with E-state index in [2.05, 4.69) is 16.2 Å². The highest BCUT2D eigenvalue weighted by Crippen LogP contribution is 1.96. The smallest absolute Gasteiger partial charge is 0.251 e. The van der Waals surface area contributed by atoms with Crippen molar-refractivity contribution < 1.29 is 4.79 Å². The van der Waals surface area contributed by atoms with Gasteiger partial charge in [0.05, 0.1) is 0 Å². The Morgan fingerprint density at radius 2 is 2.13 bits per heavy atom. The third-order valence-corrected chi connectivity index (χ3v) is 1.98. The first-order valence-electron chi connectivity index (χ1n) is 4.96. The van der Waals surface area contributed by atoms with E-state index in [9.17, 15) is 4.79 Å². The van der Waals surface area contributed by atoms with Gasteiger partial charge in [-0.15, -0.1) is 12.3 Å². The normalized spacial score (nSPS) is 9.27. The summed E-state index contributed by atoms with van der Waals surface area (Å²) in [6, 6.07) is 3.38. The minimum Gasteiger partial charge on any atom is -0.352 e. The fourth-order valence-electron chi connectivity index (χ4n) is 1.16. The third kappa shape index (κ3) is 4.28. The van der Waals surface area contributed by atoms with Gasteiger partial charge in [-0.05, 0) is 25.0 Å². The van der Waals surface area contributed by atoms with Crippen molar-refractivity contribution in [3.8, 4) is 12.3 Å². The largest absolute Gasteiger partial charge is 0.352 e. The van der Waals surface area contributed by atoms with E-state index in [1.165, 1.54) is 0 Å². The van der Waals surface area contributed by atoms with Gasteiger partial charge in [-0.1, -0.05) is 0 Å². The molecule has 3 heteroatoms. The molecular formula is C12H14N2O. The van der Waals surface area contributed by atoms with E-state index in [0.29, 0.717) is 12.1 Å². The summed E-state index contributed by atoms with van der Waals surface area (Å²) in [5, 5.41) is 2.82. The monoisotopic (exact) mass is 202 g/mol. The summed E-state index contributed by atoms with van der Waals surface area (Å²) in [6.45, 7) is 0.669. The summed E-state index contributed by atoms with van der Waals surface area (Å²) >= 11 is 0. The van der Waals surface area contributed by atoms with E-state index in [4.69, 9.17) is 6.42 Å². The summed E-state index contributed by atoms with van der Waals surface area (Å²) < 4.78 is 0. The van der Waals surface area contributed by atoms with Crippen molar-refractivity contribution >= 4 is 5.91 Å². The standard InChI is InChI=1S/C12H14N2O/c1-2-3-4-5-8-14-12(15)11-6-9-13-10-7-11/h1,6-7,9-10H,3-5,8H2,(H,14,15). The minimum atomic E-state index is -0.0573. The van der Waals surface area contributed by atoms with Crippen LogP contribution in [0.25, 0.3) is 0 Å². The SMILES string of the molecule is C#CCCCCNC(=O)c1ccncc1. The second-order valence-electron chi connectivity index (χ2n) is 3.15. The Morgan fingerprint density at radius 3 is 2.80 bits per heavy atom. The van der Waals surface area contributed by atoms with Crippen molar-refractivity contribution in [1.82, 2.24) is 10.3 Å². The molecule has 1 rings (SSSR count). The van der Waals surface area contributed by atoms with Crippen molar-refractivity contribution in [3.63, 3.8) is 0 Å². The Kier molecular flexibility index (Phi) is 4.96. The molecule has 1 aromatic heterocycles. The summed E-state index contributed by atoms with van der Waals surface area (Å²) in [5.74, 6) is 2.51. The summed E-state index contributed by atoms with van der Waals surface area (Å²) in [4.78, 5) is 15.3. The van der Waals surface area contributed by atoms with Gasteiger partial charge in [0.1, 0.15) is 0 Å². The molecule has 1 aromatic rings. The Labute approximate surface area is 89.9 Å². The maximum Gasteiger partial charge on any atom is 0.251 e.